The first-order valence-electron chi connectivity index (χ1n) is 5.35. The number of hydrogen-bond acceptors (Lipinski definition) is 3. The number of benzene rings is 1. The number of hydrogen-bond donors (Lipinski definition) is 1. The van der Waals surface area contributed by atoms with Gasteiger partial charge in [0.2, 0.25) is 0 Å². The molecule has 84 valence electrons. The smallest absolute Gasteiger partial charge is 0.143 e. The van der Waals surface area contributed by atoms with E-state index in [1.165, 1.54) is 6.07 Å². The van der Waals surface area contributed by atoms with Gasteiger partial charge in [-0.05, 0) is 25.0 Å². The molecule has 1 aliphatic heterocycles. The van der Waals surface area contributed by atoms with Crippen LogP contribution in [0.1, 0.15) is 18.4 Å². The summed E-state index contributed by atoms with van der Waals surface area (Å²) in [4.78, 5) is 0. The van der Waals surface area contributed by atoms with Crippen molar-refractivity contribution in [3.8, 4) is 6.07 Å². The maximum absolute atomic E-state index is 13.3. The van der Waals surface area contributed by atoms with Gasteiger partial charge in [-0.3, -0.25) is 0 Å². The van der Waals surface area contributed by atoms with Gasteiger partial charge in [0, 0.05) is 13.2 Å². The molecule has 16 heavy (non-hydrogen) atoms. The minimum Gasteiger partial charge on any atom is -0.381 e. The lowest BCUT2D eigenvalue weighted by molar-refractivity contribution is 0.120. The fourth-order valence-electron chi connectivity index (χ4n) is 1.81. The van der Waals surface area contributed by atoms with Crippen LogP contribution < -0.4 is 5.32 Å². The van der Waals surface area contributed by atoms with E-state index in [1.807, 2.05) is 6.07 Å². The van der Waals surface area contributed by atoms with Crippen molar-refractivity contribution in [1.29, 1.82) is 5.26 Å². The quantitative estimate of drug-likeness (QED) is 0.850. The third-order valence-electron chi connectivity index (χ3n) is 2.67. The lowest BCUT2D eigenvalue weighted by atomic mass is 10.1. The van der Waals surface area contributed by atoms with Crippen LogP contribution in [0.15, 0.2) is 18.2 Å². The summed E-state index contributed by atoms with van der Waals surface area (Å²) in [6.07, 6.45) is 2.26. The van der Waals surface area contributed by atoms with Crippen LogP contribution in [0.4, 0.5) is 10.1 Å². The van der Waals surface area contributed by atoms with E-state index in [-0.39, 0.29) is 11.7 Å². The number of rotatable bonds is 3. The molecule has 1 aliphatic rings. The number of ether oxygens (including phenoxy) is 1. The Bertz CT molecular complexity index is 408. The minimum absolute atomic E-state index is 0.0699. The van der Waals surface area contributed by atoms with Gasteiger partial charge >= 0.3 is 0 Å². The zero-order chi connectivity index (χ0) is 11.4. The van der Waals surface area contributed by atoms with Crippen LogP contribution >= 0.6 is 0 Å². The zero-order valence-corrected chi connectivity index (χ0v) is 8.87. The van der Waals surface area contributed by atoms with Crippen molar-refractivity contribution in [3.05, 3.63) is 29.6 Å². The zero-order valence-electron chi connectivity index (χ0n) is 8.87. The Balaban J connectivity index is 2.03. The van der Waals surface area contributed by atoms with Crippen molar-refractivity contribution in [2.75, 3.05) is 18.5 Å². The highest BCUT2D eigenvalue weighted by Gasteiger charge is 2.16. The predicted octanol–water partition coefficient (Wildman–Crippen LogP) is 2.29. The molecule has 1 fully saturated rings. The van der Waals surface area contributed by atoms with Crippen molar-refractivity contribution < 1.29 is 9.13 Å². The monoisotopic (exact) mass is 220 g/mol. The molecule has 1 saturated heterocycles. The summed E-state index contributed by atoms with van der Waals surface area (Å²) in [5, 5.41) is 11.9. The molecule has 3 nitrogen and oxygen atoms in total. The van der Waals surface area contributed by atoms with Crippen molar-refractivity contribution in [2.45, 2.75) is 18.9 Å². The minimum atomic E-state index is -0.486. The predicted molar refractivity (Wildman–Crippen MR) is 58.6 cm³/mol. The fraction of sp³-hybridized carbons (Fsp3) is 0.417. The van der Waals surface area contributed by atoms with E-state index in [0.29, 0.717) is 12.2 Å². The van der Waals surface area contributed by atoms with E-state index in [9.17, 15) is 4.39 Å². The van der Waals surface area contributed by atoms with Gasteiger partial charge in [0.05, 0.1) is 11.8 Å². The highest BCUT2D eigenvalue weighted by molar-refractivity contribution is 5.57. The SMILES string of the molecule is N#Cc1c(F)cccc1NC[C@@H]1CCCO1. The molecular formula is C12H13FN2O. The summed E-state index contributed by atoms with van der Waals surface area (Å²) in [5.41, 5.74) is 0.610. The average Bonchev–Trinajstić information content (AvgIpc) is 2.79. The highest BCUT2D eigenvalue weighted by atomic mass is 19.1. The Kier molecular flexibility index (Phi) is 3.37. The molecule has 0 unspecified atom stereocenters. The summed E-state index contributed by atoms with van der Waals surface area (Å²) in [6.45, 7) is 1.42. The summed E-state index contributed by atoms with van der Waals surface area (Å²) < 4.78 is 18.7. The van der Waals surface area contributed by atoms with E-state index in [0.717, 1.165) is 19.4 Å². The van der Waals surface area contributed by atoms with E-state index >= 15 is 0 Å². The molecule has 2 rings (SSSR count). The van der Waals surface area contributed by atoms with Gasteiger partial charge in [-0.15, -0.1) is 0 Å². The van der Waals surface area contributed by atoms with Crippen LogP contribution in [-0.2, 0) is 4.74 Å². The van der Waals surface area contributed by atoms with Crippen LogP contribution in [0.25, 0.3) is 0 Å². The Morgan fingerprint density at radius 3 is 3.12 bits per heavy atom. The summed E-state index contributed by atoms with van der Waals surface area (Å²) >= 11 is 0. The Morgan fingerprint density at radius 2 is 2.44 bits per heavy atom. The molecule has 0 amide bonds. The second kappa shape index (κ2) is 4.95. The number of halogens is 1. The van der Waals surface area contributed by atoms with Crippen LogP contribution in [0.5, 0.6) is 0 Å². The maximum Gasteiger partial charge on any atom is 0.143 e. The van der Waals surface area contributed by atoms with Crippen molar-refractivity contribution >= 4 is 5.69 Å². The van der Waals surface area contributed by atoms with Gasteiger partial charge < -0.3 is 10.1 Å². The second-order valence-electron chi connectivity index (χ2n) is 3.79. The standard InChI is InChI=1S/C12H13FN2O/c13-11-4-1-5-12(10(11)7-14)15-8-9-3-2-6-16-9/h1,4-5,9,15H,2-3,6,8H2/t9-/m0/s1. The molecule has 1 heterocycles. The van der Waals surface area contributed by atoms with E-state index < -0.39 is 5.82 Å². The second-order valence-corrected chi connectivity index (χ2v) is 3.79. The molecule has 1 aromatic carbocycles. The van der Waals surface area contributed by atoms with Gasteiger partial charge in [-0.2, -0.15) is 5.26 Å². The van der Waals surface area contributed by atoms with Gasteiger partial charge in [-0.1, -0.05) is 6.07 Å². The van der Waals surface area contributed by atoms with Crippen LogP contribution in [0.3, 0.4) is 0 Å². The molecule has 0 saturated carbocycles. The highest BCUT2D eigenvalue weighted by Crippen LogP contribution is 2.19. The van der Waals surface area contributed by atoms with Gasteiger partial charge in [0.25, 0.3) is 0 Å². The van der Waals surface area contributed by atoms with Crippen molar-refractivity contribution in [3.63, 3.8) is 0 Å². The molecule has 1 aromatic rings. The van der Waals surface area contributed by atoms with E-state index in [2.05, 4.69) is 5.32 Å². The summed E-state index contributed by atoms with van der Waals surface area (Å²) in [6, 6.07) is 6.44. The number of nitrogens with one attached hydrogen (secondary N) is 1. The van der Waals surface area contributed by atoms with Gasteiger partial charge in [0.15, 0.2) is 0 Å². The lowest BCUT2D eigenvalue weighted by Gasteiger charge is -2.12. The van der Waals surface area contributed by atoms with Crippen LogP contribution in [0, 0.1) is 17.1 Å². The summed E-state index contributed by atoms with van der Waals surface area (Å²) in [7, 11) is 0. The first-order chi connectivity index (χ1) is 7.81. The number of anilines is 1. The summed E-state index contributed by atoms with van der Waals surface area (Å²) in [5.74, 6) is -0.486. The van der Waals surface area contributed by atoms with Crippen molar-refractivity contribution in [1.82, 2.24) is 0 Å². The first kappa shape index (κ1) is 10.9. The Hall–Kier alpha value is -1.60. The maximum atomic E-state index is 13.3. The molecule has 1 atom stereocenters. The number of nitriles is 1. The third kappa shape index (κ3) is 2.31. The molecule has 0 aromatic heterocycles. The van der Waals surface area contributed by atoms with Gasteiger partial charge in [-0.25, -0.2) is 4.39 Å². The van der Waals surface area contributed by atoms with E-state index in [4.69, 9.17) is 10.00 Å². The Morgan fingerprint density at radius 1 is 1.56 bits per heavy atom. The molecule has 0 radical (unpaired) electrons. The third-order valence-corrected chi connectivity index (χ3v) is 2.67. The van der Waals surface area contributed by atoms with E-state index in [1.54, 1.807) is 12.1 Å². The Labute approximate surface area is 93.8 Å². The molecule has 0 aliphatic carbocycles. The molecule has 0 spiro atoms. The topological polar surface area (TPSA) is 45.0 Å². The molecule has 4 heteroatoms. The largest absolute Gasteiger partial charge is 0.381 e. The normalized spacial score (nSPS) is 19.4. The van der Waals surface area contributed by atoms with Crippen LogP contribution in [0.2, 0.25) is 0 Å². The molecule has 0 bridgehead atoms. The molecular weight excluding hydrogens is 207 g/mol. The first-order valence-corrected chi connectivity index (χ1v) is 5.35. The number of nitrogens with zero attached hydrogens (tertiary/aromatic N) is 1. The van der Waals surface area contributed by atoms with Crippen LogP contribution in [-0.4, -0.2) is 19.3 Å². The average molecular weight is 220 g/mol. The van der Waals surface area contributed by atoms with Crippen molar-refractivity contribution in [2.24, 2.45) is 0 Å². The fourth-order valence-corrected chi connectivity index (χ4v) is 1.81. The molecule has 1 N–H and O–H groups in total. The lowest BCUT2D eigenvalue weighted by Crippen LogP contribution is -2.19. The van der Waals surface area contributed by atoms with Gasteiger partial charge in [0.1, 0.15) is 17.4 Å².